The van der Waals surface area contributed by atoms with Crippen LogP contribution in [0.15, 0.2) is 23.0 Å². The van der Waals surface area contributed by atoms with E-state index in [4.69, 9.17) is 4.98 Å². The Morgan fingerprint density at radius 1 is 1.19 bits per heavy atom. The lowest BCUT2D eigenvalue weighted by molar-refractivity contribution is -0.132. The predicted octanol–water partition coefficient (Wildman–Crippen LogP) is 3.24. The van der Waals surface area contributed by atoms with Crippen LogP contribution in [-0.2, 0) is 17.8 Å². The van der Waals surface area contributed by atoms with Crippen LogP contribution < -0.4 is 5.56 Å². The van der Waals surface area contributed by atoms with Gasteiger partial charge in [-0.3, -0.25) is 14.7 Å². The molecule has 32 heavy (non-hydrogen) atoms. The molecule has 0 aromatic carbocycles. The number of piperidine rings is 1. The smallest absolute Gasteiger partial charge is 0.277 e. The minimum atomic E-state index is -0.0481. The fourth-order valence-electron chi connectivity index (χ4n) is 5.61. The number of allylic oxidation sites excluding steroid dienone is 2. The zero-order valence-corrected chi connectivity index (χ0v) is 19.2. The van der Waals surface area contributed by atoms with Crippen molar-refractivity contribution in [2.75, 3.05) is 26.2 Å². The van der Waals surface area contributed by atoms with Crippen LogP contribution in [0.5, 0.6) is 0 Å². The van der Waals surface area contributed by atoms with Gasteiger partial charge in [-0.05, 0) is 57.5 Å². The van der Waals surface area contributed by atoms with Crippen LogP contribution >= 0.6 is 0 Å². The van der Waals surface area contributed by atoms with Crippen molar-refractivity contribution in [1.29, 1.82) is 0 Å². The topological polar surface area (TPSA) is 73.7 Å². The van der Waals surface area contributed by atoms with Crippen LogP contribution in [0.25, 0.3) is 5.65 Å². The normalized spacial score (nSPS) is 22.4. The molecule has 2 aromatic rings. The Bertz CT molecular complexity index is 1060. The van der Waals surface area contributed by atoms with Gasteiger partial charge in [0, 0.05) is 43.6 Å². The van der Waals surface area contributed by atoms with Gasteiger partial charge < -0.3 is 9.80 Å². The maximum Gasteiger partial charge on any atom is 0.277 e. The highest BCUT2D eigenvalue weighted by molar-refractivity contribution is 5.76. The molecule has 1 unspecified atom stereocenters. The molecule has 4 heterocycles. The molecule has 3 aliphatic rings. The minimum Gasteiger partial charge on any atom is -0.338 e. The fourth-order valence-corrected chi connectivity index (χ4v) is 5.61. The number of H-pyrrole nitrogens is 1. The number of carbonyl (C=O) groups is 1. The summed E-state index contributed by atoms with van der Waals surface area (Å²) in [5, 5.41) is 3.36. The predicted molar refractivity (Wildman–Crippen MR) is 125 cm³/mol. The van der Waals surface area contributed by atoms with Gasteiger partial charge in [-0.15, -0.1) is 0 Å². The van der Waals surface area contributed by atoms with Crippen molar-refractivity contribution in [1.82, 2.24) is 24.4 Å². The molecule has 0 bridgehead atoms. The van der Waals surface area contributed by atoms with E-state index in [1.165, 1.54) is 25.8 Å². The Morgan fingerprint density at radius 2 is 2.03 bits per heavy atom. The van der Waals surface area contributed by atoms with Gasteiger partial charge in [0.2, 0.25) is 5.91 Å². The summed E-state index contributed by atoms with van der Waals surface area (Å²) in [5.74, 6) is 1.38. The molecular formula is C25H35N5O2. The molecule has 1 amide bonds. The van der Waals surface area contributed by atoms with Crippen molar-refractivity contribution >= 4 is 11.6 Å². The minimum absolute atomic E-state index is 0.0481. The molecule has 0 saturated carbocycles. The average Bonchev–Trinajstić information content (AvgIpc) is 3.25. The molecule has 1 fully saturated rings. The maximum atomic E-state index is 13.2. The molecule has 172 valence electrons. The molecule has 1 N–H and O–H groups in total. The summed E-state index contributed by atoms with van der Waals surface area (Å²) < 4.78 is 1.60. The van der Waals surface area contributed by atoms with Gasteiger partial charge in [0.05, 0.1) is 17.8 Å². The third kappa shape index (κ3) is 4.27. The number of nitrogens with one attached hydrogen (secondary N) is 1. The Balaban J connectivity index is 1.28. The SMILES string of the molecule is CCCC(=O)N1CCc2nc3cc(C4CCN(CC5CC=CCC5)CC4)[nH]n3c(=O)c2C1. The molecule has 2 aliphatic heterocycles. The summed E-state index contributed by atoms with van der Waals surface area (Å²) in [6, 6.07) is 2.07. The van der Waals surface area contributed by atoms with Gasteiger partial charge >= 0.3 is 0 Å². The van der Waals surface area contributed by atoms with Crippen molar-refractivity contribution in [2.24, 2.45) is 5.92 Å². The number of nitrogens with zero attached hydrogens (tertiary/aromatic N) is 4. The molecule has 0 spiro atoms. The van der Waals surface area contributed by atoms with E-state index in [9.17, 15) is 9.59 Å². The lowest BCUT2D eigenvalue weighted by Gasteiger charge is -2.34. The van der Waals surface area contributed by atoms with Gasteiger partial charge in [-0.1, -0.05) is 19.1 Å². The van der Waals surface area contributed by atoms with Gasteiger partial charge in [0.1, 0.15) is 0 Å². The maximum absolute atomic E-state index is 13.2. The van der Waals surface area contributed by atoms with Gasteiger partial charge in [-0.2, -0.15) is 0 Å². The molecule has 1 atom stereocenters. The number of hydrogen-bond acceptors (Lipinski definition) is 4. The number of aromatic nitrogens is 3. The first kappa shape index (κ1) is 21.4. The first-order valence-electron chi connectivity index (χ1n) is 12.4. The van der Waals surface area contributed by atoms with Gasteiger partial charge in [-0.25, -0.2) is 9.50 Å². The zero-order valence-electron chi connectivity index (χ0n) is 19.2. The van der Waals surface area contributed by atoms with Crippen LogP contribution in [0.3, 0.4) is 0 Å². The number of hydrogen-bond donors (Lipinski definition) is 1. The highest BCUT2D eigenvalue weighted by atomic mass is 16.2. The number of fused-ring (bicyclic) bond motifs is 2. The molecule has 0 radical (unpaired) electrons. The van der Waals surface area contributed by atoms with Crippen molar-refractivity contribution < 1.29 is 4.79 Å². The van der Waals surface area contributed by atoms with Crippen molar-refractivity contribution in [3.63, 3.8) is 0 Å². The van der Waals surface area contributed by atoms with E-state index in [2.05, 4.69) is 28.2 Å². The standard InChI is InChI=1S/C25H35N5O2/c1-2-6-24(31)29-14-11-21-20(17-29)25(32)30-23(26-21)15-22(27-30)19-9-12-28(13-10-19)16-18-7-4-3-5-8-18/h3-4,15,18-19,27H,2,5-14,16-17H2,1H3. The first-order valence-corrected chi connectivity index (χ1v) is 12.4. The Labute approximate surface area is 189 Å². The molecule has 7 nitrogen and oxygen atoms in total. The number of carbonyl (C=O) groups excluding carboxylic acids is 1. The zero-order chi connectivity index (χ0) is 22.1. The highest BCUT2D eigenvalue weighted by Gasteiger charge is 2.27. The number of rotatable bonds is 5. The number of amides is 1. The molecular weight excluding hydrogens is 402 g/mol. The van der Waals surface area contributed by atoms with Crippen molar-refractivity contribution in [3.8, 4) is 0 Å². The monoisotopic (exact) mass is 437 g/mol. The summed E-state index contributed by atoms with van der Waals surface area (Å²) in [6.07, 6.45) is 12.7. The van der Waals surface area contributed by atoms with E-state index in [0.717, 1.165) is 49.7 Å². The van der Waals surface area contributed by atoms with Crippen molar-refractivity contribution in [3.05, 3.63) is 45.5 Å². The summed E-state index contributed by atoms with van der Waals surface area (Å²) in [4.78, 5) is 34.8. The summed E-state index contributed by atoms with van der Waals surface area (Å²) in [5.41, 5.74) is 3.32. The van der Waals surface area contributed by atoms with E-state index >= 15 is 0 Å². The van der Waals surface area contributed by atoms with E-state index < -0.39 is 0 Å². The first-order chi connectivity index (χ1) is 15.6. The highest BCUT2D eigenvalue weighted by Crippen LogP contribution is 2.29. The van der Waals surface area contributed by atoms with Crippen LogP contribution in [-0.4, -0.2) is 56.5 Å². The summed E-state index contributed by atoms with van der Waals surface area (Å²) in [7, 11) is 0. The van der Waals surface area contributed by atoms with Gasteiger partial charge in [0.25, 0.3) is 5.56 Å². The van der Waals surface area contributed by atoms with Crippen LogP contribution in [0.1, 0.15) is 74.7 Å². The number of likely N-dealkylation sites (tertiary alicyclic amines) is 1. The second-order valence-electron chi connectivity index (χ2n) is 9.79. The molecule has 2 aromatic heterocycles. The van der Waals surface area contributed by atoms with E-state index in [0.29, 0.717) is 43.1 Å². The Hall–Kier alpha value is -2.41. The fraction of sp³-hybridized carbons (Fsp3) is 0.640. The van der Waals surface area contributed by atoms with E-state index in [1.807, 2.05) is 11.8 Å². The quantitative estimate of drug-likeness (QED) is 0.729. The number of aromatic amines is 1. The third-order valence-electron chi connectivity index (χ3n) is 7.52. The largest absolute Gasteiger partial charge is 0.338 e. The van der Waals surface area contributed by atoms with Gasteiger partial charge in [0.15, 0.2) is 5.65 Å². The van der Waals surface area contributed by atoms with E-state index in [-0.39, 0.29) is 11.5 Å². The van der Waals surface area contributed by atoms with E-state index in [1.54, 1.807) is 4.52 Å². The third-order valence-corrected chi connectivity index (χ3v) is 7.52. The Morgan fingerprint density at radius 3 is 2.78 bits per heavy atom. The lowest BCUT2D eigenvalue weighted by Crippen LogP contribution is -2.40. The molecule has 7 heteroatoms. The second kappa shape index (κ2) is 9.22. The Kier molecular flexibility index (Phi) is 6.17. The summed E-state index contributed by atoms with van der Waals surface area (Å²) >= 11 is 0. The lowest BCUT2D eigenvalue weighted by atomic mass is 9.90. The van der Waals surface area contributed by atoms with Crippen LogP contribution in [0.2, 0.25) is 0 Å². The second-order valence-corrected chi connectivity index (χ2v) is 9.79. The summed E-state index contributed by atoms with van der Waals surface area (Å²) in [6.45, 7) is 6.49. The van der Waals surface area contributed by atoms with Crippen molar-refractivity contribution in [2.45, 2.75) is 70.8 Å². The molecule has 1 saturated heterocycles. The molecule has 1 aliphatic carbocycles. The van der Waals surface area contributed by atoms with Crippen LogP contribution in [0, 0.1) is 5.92 Å². The average molecular weight is 438 g/mol. The molecule has 5 rings (SSSR count). The van der Waals surface area contributed by atoms with Crippen LogP contribution in [0.4, 0.5) is 0 Å².